The summed E-state index contributed by atoms with van der Waals surface area (Å²) in [4.78, 5) is 15.9. The summed E-state index contributed by atoms with van der Waals surface area (Å²) < 4.78 is 0. The Kier molecular flexibility index (Phi) is 5.09. The number of fused-ring (bicyclic) bond motifs is 2. The van der Waals surface area contributed by atoms with Crippen LogP contribution in [0.5, 0.6) is 0 Å². The number of aliphatic imine (C=N–C) groups is 2. The van der Waals surface area contributed by atoms with E-state index in [0.29, 0.717) is 0 Å². The first-order chi connectivity index (χ1) is 16.8. The van der Waals surface area contributed by atoms with Crippen LogP contribution in [0.1, 0.15) is 11.1 Å². The first kappa shape index (κ1) is 19.9. The molecule has 0 aliphatic rings. The van der Waals surface area contributed by atoms with Crippen molar-refractivity contribution in [2.45, 2.75) is 0 Å². The topological polar surface area (TPSA) is 56.3 Å². The number of hydrogen-bond donors (Lipinski definition) is 2. The number of rotatable bonds is 5. The van der Waals surface area contributed by atoms with Crippen LogP contribution >= 0.6 is 0 Å². The molecule has 0 amide bonds. The number of hydrogen-bond acceptors (Lipinski definition) is 2. The van der Waals surface area contributed by atoms with Crippen LogP contribution in [-0.4, -0.2) is 22.4 Å². The predicted octanol–water partition coefficient (Wildman–Crippen LogP) is 7.82. The Labute approximate surface area is 197 Å². The smallest absolute Gasteiger partial charge is 0.0630 e. The quantitative estimate of drug-likeness (QED) is 0.258. The molecule has 0 fully saturated rings. The van der Waals surface area contributed by atoms with E-state index in [1.165, 1.54) is 10.8 Å². The Morgan fingerprint density at radius 2 is 0.882 bits per heavy atom. The van der Waals surface area contributed by atoms with Gasteiger partial charge in [0.2, 0.25) is 0 Å². The molecular weight excluding hydrogens is 416 g/mol. The maximum Gasteiger partial charge on any atom is 0.0630 e. The minimum Gasteiger partial charge on any atom is -0.361 e. The fraction of sp³-hybridized carbons (Fsp3) is 0. The minimum atomic E-state index is 0.925. The molecule has 6 rings (SSSR count). The molecule has 162 valence electrons. The van der Waals surface area contributed by atoms with Crippen molar-refractivity contribution >= 4 is 45.6 Å². The van der Waals surface area contributed by atoms with Gasteiger partial charge < -0.3 is 9.97 Å². The van der Waals surface area contributed by atoms with E-state index >= 15 is 0 Å². The molecule has 0 radical (unpaired) electrons. The molecule has 0 spiro atoms. The van der Waals surface area contributed by atoms with Gasteiger partial charge in [-0.3, -0.25) is 9.98 Å². The molecule has 0 aliphatic heterocycles. The third-order valence-electron chi connectivity index (χ3n) is 6.02. The summed E-state index contributed by atoms with van der Waals surface area (Å²) in [6.07, 6.45) is 7.80. The number of para-hydroxylation sites is 2. The van der Waals surface area contributed by atoms with Crippen molar-refractivity contribution in [2.75, 3.05) is 0 Å². The van der Waals surface area contributed by atoms with Gasteiger partial charge in [0, 0.05) is 57.8 Å². The Hall–Kier alpha value is -4.70. The van der Waals surface area contributed by atoms with Crippen molar-refractivity contribution in [1.29, 1.82) is 0 Å². The maximum atomic E-state index is 4.65. The van der Waals surface area contributed by atoms with E-state index in [2.05, 4.69) is 68.5 Å². The first-order valence-electron chi connectivity index (χ1n) is 11.2. The molecule has 0 aliphatic carbocycles. The van der Waals surface area contributed by atoms with Gasteiger partial charge in [-0.15, -0.1) is 0 Å². The number of nitrogens with one attached hydrogen (secondary N) is 2. The number of aromatic amines is 2. The lowest BCUT2D eigenvalue weighted by Gasteiger charge is -2.03. The molecule has 34 heavy (non-hydrogen) atoms. The van der Waals surface area contributed by atoms with E-state index in [1.807, 2.05) is 73.4 Å². The summed E-state index contributed by atoms with van der Waals surface area (Å²) in [6, 6.07) is 33.1. The van der Waals surface area contributed by atoms with Crippen LogP contribution in [0.15, 0.2) is 119 Å². The Bertz CT molecular complexity index is 1510. The summed E-state index contributed by atoms with van der Waals surface area (Å²) in [5.41, 5.74) is 8.56. The molecule has 0 saturated heterocycles. The maximum absolute atomic E-state index is 4.65. The van der Waals surface area contributed by atoms with Crippen molar-refractivity contribution in [3.8, 4) is 11.1 Å². The number of benzene rings is 4. The second-order valence-electron chi connectivity index (χ2n) is 8.19. The van der Waals surface area contributed by atoms with Crippen molar-refractivity contribution in [1.82, 2.24) is 9.97 Å². The summed E-state index contributed by atoms with van der Waals surface area (Å²) in [5.74, 6) is 0. The average Bonchev–Trinajstić information content (AvgIpc) is 3.51. The Morgan fingerprint density at radius 1 is 0.471 bits per heavy atom. The average molecular weight is 439 g/mol. The lowest BCUT2D eigenvalue weighted by atomic mass is 10.1. The fourth-order valence-corrected chi connectivity index (χ4v) is 4.17. The van der Waals surface area contributed by atoms with Crippen molar-refractivity contribution in [3.63, 3.8) is 0 Å². The molecule has 0 saturated carbocycles. The zero-order valence-corrected chi connectivity index (χ0v) is 18.4. The van der Waals surface area contributed by atoms with Gasteiger partial charge in [0.15, 0.2) is 0 Å². The number of aromatic nitrogens is 2. The summed E-state index contributed by atoms with van der Waals surface area (Å²) in [5, 5.41) is 2.35. The summed E-state index contributed by atoms with van der Waals surface area (Å²) >= 11 is 0. The molecule has 4 heteroatoms. The van der Waals surface area contributed by atoms with Gasteiger partial charge in [0.25, 0.3) is 0 Å². The minimum absolute atomic E-state index is 0.925. The molecule has 4 nitrogen and oxygen atoms in total. The fourth-order valence-electron chi connectivity index (χ4n) is 4.17. The van der Waals surface area contributed by atoms with Crippen LogP contribution in [0.4, 0.5) is 11.4 Å². The van der Waals surface area contributed by atoms with E-state index in [9.17, 15) is 0 Å². The largest absolute Gasteiger partial charge is 0.361 e. The SMILES string of the molecule is C(=Nc1ccc(-c2ccc(N=Cc3c[nH]c4ccccc34)cc2)cc1)c1c[nH]c2ccccc12. The highest BCUT2D eigenvalue weighted by Crippen LogP contribution is 2.26. The van der Waals surface area contributed by atoms with E-state index < -0.39 is 0 Å². The molecular formula is C30H22N4. The summed E-state index contributed by atoms with van der Waals surface area (Å²) in [6.45, 7) is 0. The highest BCUT2D eigenvalue weighted by molar-refractivity contribution is 6.00. The lowest BCUT2D eigenvalue weighted by molar-refractivity contribution is 1.46. The van der Waals surface area contributed by atoms with Gasteiger partial charge in [-0.25, -0.2) is 0 Å². The zero-order valence-electron chi connectivity index (χ0n) is 18.4. The summed E-state index contributed by atoms with van der Waals surface area (Å²) in [7, 11) is 0. The van der Waals surface area contributed by atoms with Crippen LogP contribution in [0.2, 0.25) is 0 Å². The standard InChI is InChI=1S/C30H22N4/c1-3-7-29-27(5-1)23(19-33-29)17-31-25-13-9-21(10-14-25)22-11-15-26(16-12-22)32-18-24-20-34-30-8-4-2-6-28(24)30/h1-20,33-34H. The van der Waals surface area contributed by atoms with E-state index in [1.54, 1.807) is 0 Å². The van der Waals surface area contributed by atoms with E-state index in [0.717, 1.165) is 44.7 Å². The third-order valence-corrected chi connectivity index (χ3v) is 6.02. The van der Waals surface area contributed by atoms with Gasteiger partial charge in [-0.2, -0.15) is 0 Å². The van der Waals surface area contributed by atoms with Gasteiger partial charge in [0.05, 0.1) is 11.4 Å². The van der Waals surface area contributed by atoms with Gasteiger partial charge in [-0.05, 0) is 47.5 Å². The van der Waals surface area contributed by atoms with Crippen molar-refractivity contribution < 1.29 is 0 Å². The van der Waals surface area contributed by atoms with Crippen LogP contribution in [0.3, 0.4) is 0 Å². The van der Waals surface area contributed by atoms with Crippen LogP contribution in [0.25, 0.3) is 32.9 Å². The highest BCUT2D eigenvalue weighted by atomic mass is 14.7. The third kappa shape index (κ3) is 3.93. The highest BCUT2D eigenvalue weighted by Gasteiger charge is 2.02. The predicted molar refractivity (Wildman–Crippen MR) is 143 cm³/mol. The molecule has 4 aromatic carbocycles. The van der Waals surface area contributed by atoms with Crippen LogP contribution in [0, 0.1) is 0 Å². The first-order valence-corrected chi connectivity index (χ1v) is 11.2. The molecule has 0 atom stereocenters. The van der Waals surface area contributed by atoms with Crippen LogP contribution in [-0.2, 0) is 0 Å². The Balaban J connectivity index is 1.16. The van der Waals surface area contributed by atoms with E-state index in [4.69, 9.17) is 0 Å². The molecule has 6 aromatic rings. The van der Waals surface area contributed by atoms with Gasteiger partial charge in [-0.1, -0.05) is 60.7 Å². The molecule has 2 aromatic heterocycles. The second-order valence-corrected chi connectivity index (χ2v) is 8.19. The van der Waals surface area contributed by atoms with Crippen molar-refractivity contribution in [3.05, 3.63) is 121 Å². The normalized spacial score (nSPS) is 11.9. The molecule has 0 unspecified atom stereocenters. The molecule has 0 bridgehead atoms. The zero-order chi connectivity index (χ0) is 22.7. The Morgan fingerprint density at radius 3 is 1.32 bits per heavy atom. The lowest BCUT2D eigenvalue weighted by Crippen LogP contribution is -1.79. The number of nitrogens with zero attached hydrogens (tertiary/aromatic N) is 2. The van der Waals surface area contributed by atoms with Gasteiger partial charge >= 0.3 is 0 Å². The van der Waals surface area contributed by atoms with Crippen LogP contribution < -0.4 is 0 Å². The number of H-pyrrole nitrogens is 2. The van der Waals surface area contributed by atoms with Gasteiger partial charge in [0.1, 0.15) is 0 Å². The van der Waals surface area contributed by atoms with Crippen molar-refractivity contribution in [2.24, 2.45) is 9.98 Å². The second kappa shape index (κ2) is 8.68. The molecule has 2 N–H and O–H groups in total. The molecule has 2 heterocycles. The monoisotopic (exact) mass is 438 g/mol. The van der Waals surface area contributed by atoms with E-state index in [-0.39, 0.29) is 0 Å².